The van der Waals surface area contributed by atoms with E-state index in [1.165, 1.54) is 5.56 Å². The van der Waals surface area contributed by atoms with E-state index in [0.29, 0.717) is 105 Å². The fourth-order valence-corrected chi connectivity index (χ4v) is 11.1. The van der Waals surface area contributed by atoms with Crippen LogP contribution in [0, 0.1) is 0 Å². The van der Waals surface area contributed by atoms with Crippen molar-refractivity contribution in [3.8, 4) is 34.2 Å². The monoisotopic (exact) mass is 1310 g/mol. The number of fused-ring (bicyclic) bond motifs is 3. The lowest BCUT2D eigenvalue weighted by molar-refractivity contribution is 0.0624. The maximum Gasteiger partial charge on any atom is 0.412 e. The maximum atomic E-state index is 13.0. The number of aromatic nitrogens is 12. The Morgan fingerprint density at radius 2 is 0.794 bits per heavy atom. The van der Waals surface area contributed by atoms with Gasteiger partial charge in [0.2, 0.25) is 0 Å². The number of carbonyl (C=O) groups excluding carboxylic acids is 2. The molecule has 0 saturated heterocycles. The normalized spacial score (nSPS) is 11.6. The summed E-state index contributed by atoms with van der Waals surface area (Å²) in [7, 11) is 3.47. The predicted octanol–water partition coefficient (Wildman–Crippen LogP) is 14.2. The van der Waals surface area contributed by atoms with Crippen molar-refractivity contribution in [2.75, 3.05) is 16.4 Å². The van der Waals surface area contributed by atoms with Crippen LogP contribution in [0.15, 0.2) is 179 Å². The van der Waals surface area contributed by atoms with Gasteiger partial charge in [0.05, 0.1) is 38.2 Å². The lowest BCUT2D eigenvalue weighted by Gasteiger charge is -2.19. The van der Waals surface area contributed by atoms with Crippen molar-refractivity contribution in [1.29, 1.82) is 0 Å². The van der Waals surface area contributed by atoms with Gasteiger partial charge in [0, 0.05) is 47.8 Å². The van der Waals surface area contributed by atoms with Crippen molar-refractivity contribution >= 4 is 62.7 Å². The van der Waals surface area contributed by atoms with Crippen molar-refractivity contribution in [1.82, 2.24) is 57.7 Å². The van der Waals surface area contributed by atoms with Gasteiger partial charge in [0.25, 0.3) is 0 Å². The SMILES string of the molecule is CC(C)c1ccccc1-c1ncc2[nH]c(=O)n(Cc3ccc(NC(=O)OC(C)(C)C)cc3)c2n1.CC(C)c1ccccc1-c1ncc2c(n1)n(Cc1ccc(N)cc1)c(=O)n2C.CC(C)c1ccccc1-c1ncc2c(n1)n(Cc1ccc(NC(=O)OC(C)(C)C)cc1)c(=O)n2C. The van der Waals surface area contributed by atoms with Crippen LogP contribution in [-0.4, -0.2) is 81.1 Å². The van der Waals surface area contributed by atoms with Gasteiger partial charge in [-0.3, -0.25) is 33.5 Å². The molecule has 97 heavy (non-hydrogen) atoms. The second-order valence-electron chi connectivity index (χ2n) is 26.7. The number of aryl methyl sites for hydroxylation is 2. The molecular formula is C75H83N15O7. The average molecular weight is 1310 g/mol. The van der Waals surface area contributed by atoms with Crippen molar-refractivity contribution in [2.45, 2.75) is 132 Å². The first-order valence-corrected chi connectivity index (χ1v) is 32.2. The number of nitrogens with zero attached hydrogens (tertiary/aromatic N) is 11. The molecule has 0 bridgehead atoms. The molecule has 12 aromatic rings. The minimum atomic E-state index is -0.573. The smallest absolute Gasteiger partial charge is 0.412 e. The van der Waals surface area contributed by atoms with Crippen LogP contribution in [0.5, 0.6) is 0 Å². The summed E-state index contributed by atoms with van der Waals surface area (Å²) in [5.74, 6) is 2.80. The van der Waals surface area contributed by atoms with E-state index in [0.717, 1.165) is 44.5 Å². The van der Waals surface area contributed by atoms with E-state index in [1.54, 1.807) is 79.8 Å². The molecule has 22 nitrogen and oxygen atoms in total. The number of rotatable bonds is 14. The summed E-state index contributed by atoms with van der Waals surface area (Å²) in [5.41, 5.74) is 18.9. The molecule has 6 aromatic heterocycles. The summed E-state index contributed by atoms with van der Waals surface area (Å²) in [6.07, 6.45) is 4.07. The van der Waals surface area contributed by atoms with Crippen LogP contribution in [0.2, 0.25) is 0 Å². The van der Waals surface area contributed by atoms with Crippen molar-refractivity contribution in [2.24, 2.45) is 14.1 Å². The number of nitrogens with two attached hydrogens (primary N) is 1. The molecule has 0 spiro atoms. The van der Waals surface area contributed by atoms with Crippen LogP contribution in [-0.2, 0) is 43.2 Å². The second-order valence-corrected chi connectivity index (χ2v) is 26.7. The van der Waals surface area contributed by atoms with Crippen LogP contribution in [0.4, 0.5) is 26.7 Å². The first-order chi connectivity index (χ1) is 46.1. The zero-order chi connectivity index (χ0) is 69.6. The van der Waals surface area contributed by atoms with Crippen molar-refractivity contribution in [3.63, 3.8) is 0 Å². The van der Waals surface area contributed by atoms with Gasteiger partial charge in [-0.1, -0.05) is 151 Å². The van der Waals surface area contributed by atoms with Crippen molar-refractivity contribution in [3.05, 3.63) is 229 Å². The van der Waals surface area contributed by atoms with Gasteiger partial charge >= 0.3 is 29.3 Å². The molecule has 0 saturated carbocycles. The number of H-pyrrole nitrogens is 1. The molecule has 500 valence electrons. The van der Waals surface area contributed by atoms with E-state index < -0.39 is 23.4 Å². The van der Waals surface area contributed by atoms with E-state index in [-0.39, 0.29) is 17.1 Å². The molecule has 0 unspecified atom stereocenters. The predicted molar refractivity (Wildman–Crippen MR) is 383 cm³/mol. The van der Waals surface area contributed by atoms with Gasteiger partial charge in [-0.2, -0.15) is 0 Å². The lowest BCUT2D eigenvalue weighted by atomic mass is 9.97. The summed E-state index contributed by atoms with van der Waals surface area (Å²) in [6.45, 7) is 24.8. The Morgan fingerprint density at radius 3 is 1.15 bits per heavy atom. The molecule has 12 rings (SSSR count). The highest BCUT2D eigenvalue weighted by Crippen LogP contribution is 2.31. The highest BCUT2D eigenvalue weighted by Gasteiger charge is 2.22. The van der Waals surface area contributed by atoms with E-state index >= 15 is 0 Å². The molecular weight excluding hydrogens is 1220 g/mol. The van der Waals surface area contributed by atoms with E-state index in [4.69, 9.17) is 30.2 Å². The van der Waals surface area contributed by atoms with Gasteiger partial charge in [-0.05, 0) is 129 Å². The zero-order valence-electron chi connectivity index (χ0n) is 57.3. The summed E-state index contributed by atoms with van der Waals surface area (Å²) >= 11 is 0. The molecule has 0 aliphatic carbocycles. The number of carbonyl (C=O) groups is 2. The summed E-state index contributed by atoms with van der Waals surface area (Å²) < 4.78 is 18.6. The fourth-order valence-electron chi connectivity index (χ4n) is 11.1. The quantitative estimate of drug-likeness (QED) is 0.0738. The van der Waals surface area contributed by atoms with Crippen LogP contribution in [0.1, 0.15) is 134 Å². The lowest BCUT2D eigenvalue weighted by Crippen LogP contribution is -2.27. The fraction of sp³-hybridized carbons (Fsp3) is 0.293. The van der Waals surface area contributed by atoms with Crippen LogP contribution in [0.3, 0.4) is 0 Å². The van der Waals surface area contributed by atoms with Crippen LogP contribution in [0.25, 0.3) is 67.7 Å². The first-order valence-electron chi connectivity index (χ1n) is 32.2. The number of amides is 2. The third-order valence-electron chi connectivity index (χ3n) is 16.0. The Morgan fingerprint density at radius 1 is 0.464 bits per heavy atom. The maximum absolute atomic E-state index is 13.0. The number of imidazole rings is 3. The Kier molecular flexibility index (Phi) is 20.3. The molecule has 0 fully saturated rings. The topological polar surface area (TPSA) is 272 Å². The largest absolute Gasteiger partial charge is 0.444 e. The highest BCUT2D eigenvalue weighted by atomic mass is 16.6. The van der Waals surface area contributed by atoms with Crippen LogP contribution >= 0.6 is 0 Å². The molecule has 5 N–H and O–H groups in total. The molecule has 22 heteroatoms. The second kappa shape index (κ2) is 28.7. The number of nitrogens with one attached hydrogen (secondary N) is 3. The van der Waals surface area contributed by atoms with E-state index in [2.05, 4.69) is 90.3 Å². The van der Waals surface area contributed by atoms with Gasteiger partial charge in [-0.15, -0.1) is 0 Å². The van der Waals surface area contributed by atoms with Gasteiger partial charge in [-0.25, -0.2) is 53.9 Å². The summed E-state index contributed by atoms with van der Waals surface area (Å²) in [6, 6.07) is 46.4. The molecule has 0 atom stereocenters. The van der Waals surface area contributed by atoms with Gasteiger partial charge < -0.3 is 20.2 Å². The molecule has 0 aliphatic heterocycles. The standard InChI is InChI=1S/C27H31N5O3.C26H29N5O3.C22H23N5O/c1-17(2)20-9-7-8-10-21(20)23-28-15-22-24(30-23)32(26(34)31(22)6)16-18-11-13-19(14-12-18)29-25(33)35-27(3,4)5;1-16(2)19-8-6-7-9-20(19)22-27-14-21-23(30-22)31(24(32)29-21)15-17-10-12-18(13-11-17)28-25(33)34-26(3,4)5;1-14(2)17-6-4-5-7-18(17)20-24-12-19-21(25-20)27(22(28)26(19)3)13-15-8-10-16(23)11-9-15/h7-15,17H,16H2,1-6H3,(H,29,33);6-14,16H,15H2,1-5H3,(H,28,33)(H,29,32);4-12,14H,13,23H2,1-3H3. The molecule has 6 aromatic carbocycles. The van der Waals surface area contributed by atoms with Crippen molar-refractivity contribution < 1.29 is 19.1 Å². The number of benzene rings is 6. The highest BCUT2D eigenvalue weighted by molar-refractivity contribution is 5.86. The molecule has 6 heterocycles. The summed E-state index contributed by atoms with van der Waals surface area (Å²) in [5, 5.41) is 5.43. The number of hydrogen-bond donors (Lipinski definition) is 4. The molecule has 0 aliphatic rings. The summed E-state index contributed by atoms with van der Waals surface area (Å²) in [4.78, 5) is 93.3. The minimum absolute atomic E-state index is 0.115. The first kappa shape index (κ1) is 68.6. The number of nitrogen functional groups attached to an aromatic ring is 1. The van der Waals surface area contributed by atoms with E-state index in [9.17, 15) is 24.0 Å². The number of aromatic amines is 1. The van der Waals surface area contributed by atoms with E-state index in [1.807, 2.05) is 145 Å². The molecule has 2 amide bonds. The Bertz CT molecular complexity index is 5000. The Balaban J connectivity index is 0.000000159. The van der Waals surface area contributed by atoms with Gasteiger partial charge in [0.1, 0.15) is 27.8 Å². The van der Waals surface area contributed by atoms with Gasteiger partial charge in [0.15, 0.2) is 34.4 Å². The third-order valence-corrected chi connectivity index (χ3v) is 16.0. The average Bonchev–Trinajstić information content (AvgIpc) is 1.66. The Hall–Kier alpha value is -11.3. The number of anilines is 3. The number of ether oxygens (including phenoxy) is 2. The molecule has 0 radical (unpaired) electrons. The number of hydrogen-bond acceptors (Lipinski definition) is 14. The third kappa shape index (κ3) is 16.3. The zero-order valence-corrected chi connectivity index (χ0v) is 57.3. The Labute approximate surface area is 562 Å². The van der Waals surface area contributed by atoms with Crippen LogP contribution < -0.4 is 33.4 Å². The minimum Gasteiger partial charge on any atom is -0.444 e.